The van der Waals surface area contributed by atoms with E-state index in [-0.39, 0.29) is 25.3 Å². The number of carbonyl (C=O) groups excluding carboxylic acids is 3. The SMILES string of the molecule is COC(=O)C[C@H](NC(=O)CCc1ccccc1)C(=O)N1CCC[C@H]1C(=O)O. The first kappa shape index (κ1) is 20.4. The molecule has 8 nitrogen and oxygen atoms in total. The van der Waals surface area contributed by atoms with Crippen molar-refractivity contribution in [2.24, 2.45) is 0 Å². The highest BCUT2D eigenvalue weighted by Crippen LogP contribution is 2.19. The predicted octanol–water partition coefficient (Wildman–Crippen LogP) is 0.743. The summed E-state index contributed by atoms with van der Waals surface area (Å²) in [6, 6.07) is 7.34. The van der Waals surface area contributed by atoms with Gasteiger partial charge in [0.05, 0.1) is 13.5 Å². The first-order chi connectivity index (χ1) is 12.9. The van der Waals surface area contributed by atoms with Gasteiger partial charge in [-0.05, 0) is 24.8 Å². The number of nitrogens with one attached hydrogen (secondary N) is 1. The molecule has 0 aromatic heterocycles. The Morgan fingerprint density at radius 3 is 2.59 bits per heavy atom. The molecule has 0 radical (unpaired) electrons. The Morgan fingerprint density at radius 2 is 1.96 bits per heavy atom. The fraction of sp³-hybridized carbons (Fsp3) is 0.474. The molecule has 0 bridgehead atoms. The van der Waals surface area contributed by atoms with E-state index in [4.69, 9.17) is 0 Å². The highest BCUT2D eigenvalue weighted by Gasteiger charge is 2.38. The highest BCUT2D eigenvalue weighted by molar-refractivity contribution is 5.93. The second-order valence-electron chi connectivity index (χ2n) is 6.41. The molecule has 1 saturated heterocycles. The topological polar surface area (TPSA) is 113 Å². The van der Waals surface area contributed by atoms with Gasteiger partial charge in [0, 0.05) is 13.0 Å². The lowest BCUT2D eigenvalue weighted by Crippen LogP contribution is -2.52. The van der Waals surface area contributed by atoms with Crippen LogP contribution in [-0.4, -0.2) is 59.5 Å². The van der Waals surface area contributed by atoms with Crippen LogP contribution in [0.5, 0.6) is 0 Å². The van der Waals surface area contributed by atoms with Gasteiger partial charge in [0.2, 0.25) is 11.8 Å². The number of carbonyl (C=O) groups is 4. The molecule has 2 N–H and O–H groups in total. The average Bonchev–Trinajstić information content (AvgIpc) is 3.16. The zero-order valence-corrected chi connectivity index (χ0v) is 15.2. The summed E-state index contributed by atoms with van der Waals surface area (Å²) < 4.78 is 4.60. The number of rotatable bonds is 8. The predicted molar refractivity (Wildman–Crippen MR) is 95.7 cm³/mol. The van der Waals surface area contributed by atoms with Gasteiger partial charge < -0.3 is 20.1 Å². The van der Waals surface area contributed by atoms with E-state index in [2.05, 4.69) is 10.1 Å². The molecule has 8 heteroatoms. The molecule has 0 aliphatic carbocycles. The van der Waals surface area contributed by atoms with E-state index in [0.29, 0.717) is 19.3 Å². The van der Waals surface area contributed by atoms with E-state index in [1.54, 1.807) is 0 Å². The molecule has 2 atom stereocenters. The van der Waals surface area contributed by atoms with Crippen molar-refractivity contribution in [2.75, 3.05) is 13.7 Å². The van der Waals surface area contributed by atoms with Crippen LogP contribution in [0, 0.1) is 0 Å². The number of carboxylic acid groups (broad SMARTS) is 1. The van der Waals surface area contributed by atoms with Gasteiger partial charge in [-0.2, -0.15) is 0 Å². The van der Waals surface area contributed by atoms with Gasteiger partial charge in [0.1, 0.15) is 12.1 Å². The van der Waals surface area contributed by atoms with Crippen LogP contribution in [0.1, 0.15) is 31.2 Å². The van der Waals surface area contributed by atoms with Gasteiger partial charge in [-0.1, -0.05) is 30.3 Å². The largest absolute Gasteiger partial charge is 0.480 e. The number of aryl methyl sites for hydroxylation is 1. The molecule has 1 fully saturated rings. The highest BCUT2D eigenvalue weighted by atomic mass is 16.5. The van der Waals surface area contributed by atoms with E-state index >= 15 is 0 Å². The van der Waals surface area contributed by atoms with Crippen molar-refractivity contribution in [2.45, 2.75) is 44.2 Å². The Labute approximate surface area is 157 Å². The lowest BCUT2D eigenvalue weighted by Gasteiger charge is -2.26. The molecule has 2 amide bonds. The van der Waals surface area contributed by atoms with Crippen molar-refractivity contribution in [1.82, 2.24) is 10.2 Å². The summed E-state index contributed by atoms with van der Waals surface area (Å²) in [6.45, 7) is 0.285. The number of methoxy groups -OCH3 is 1. The van der Waals surface area contributed by atoms with E-state index < -0.39 is 29.9 Å². The Hall–Kier alpha value is -2.90. The van der Waals surface area contributed by atoms with Gasteiger partial charge in [0.25, 0.3) is 0 Å². The van der Waals surface area contributed by atoms with E-state index in [1.807, 2.05) is 30.3 Å². The number of carboxylic acids is 1. The minimum atomic E-state index is -1.14. The van der Waals surface area contributed by atoms with Crippen molar-refractivity contribution in [3.8, 4) is 0 Å². The maximum Gasteiger partial charge on any atom is 0.326 e. The van der Waals surface area contributed by atoms with Crippen molar-refractivity contribution in [3.05, 3.63) is 35.9 Å². The molecular weight excluding hydrogens is 352 g/mol. The first-order valence-electron chi connectivity index (χ1n) is 8.85. The monoisotopic (exact) mass is 376 g/mol. The van der Waals surface area contributed by atoms with Crippen molar-refractivity contribution in [1.29, 1.82) is 0 Å². The van der Waals surface area contributed by atoms with Crippen LogP contribution in [0.3, 0.4) is 0 Å². The van der Waals surface area contributed by atoms with E-state index in [1.165, 1.54) is 12.0 Å². The van der Waals surface area contributed by atoms with Gasteiger partial charge in [0.15, 0.2) is 0 Å². The summed E-state index contributed by atoms with van der Waals surface area (Å²) in [5.41, 5.74) is 0.981. The summed E-state index contributed by atoms with van der Waals surface area (Å²) in [5.74, 6) is -2.69. The maximum absolute atomic E-state index is 12.8. The number of nitrogens with zero attached hydrogens (tertiary/aromatic N) is 1. The van der Waals surface area contributed by atoms with Gasteiger partial charge in [-0.3, -0.25) is 14.4 Å². The third-order valence-electron chi connectivity index (χ3n) is 4.54. The Kier molecular flexibility index (Phi) is 7.34. The summed E-state index contributed by atoms with van der Waals surface area (Å²) in [4.78, 5) is 49.2. The van der Waals surface area contributed by atoms with Crippen LogP contribution >= 0.6 is 0 Å². The quantitative estimate of drug-likeness (QED) is 0.647. The number of hydrogen-bond acceptors (Lipinski definition) is 5. The average molecular weight is 376 g/mol. The van der Waals surface area contributed by atoms with Gasteiger partial charge in [-0.25, -0.2) is 4.79 Å². The van der Waals surface area contributed by atoms with Crippen molar-refractivity contribution >= 4 is 23.8 Å². The van der Waals surface area contributed by atoms with E-state index in [9.17, 15) is 24.3 Å². The lowest BCUT2D eigenvalue weighted by atomic mass is 10.1. The fourth-order valence-corrected chi connectivity index (χ4v) is 3.11. The minimum Gasteiger partial charge on any atom is -0.480 e. The van der Waals surface area contributed by atoms with Gasteiger partial charge >= 0.3 is 11.9 Å². The molecule has 1 aromatic rings. The third kappa shape index (κ3) is 5.80. The number of ether oxygens (including phenoxy) is 1. The standard InChI is InChI=1S/C19H24N2O6/c1-27-17(23)12-14(18(24)21-11-5-8-15(21)19(25)26)20-16(22)10-9-13-6-3-2-4-7-13/h2-4,6-7,14-15H,5,8-12H2,1H3,(H,20,22)(H,25,26)/t14-,15-/m0/s1. The summed E-state index contributed by atoms with van der Waals surface area (Å²) in [5, 5.41) is 11.8. The molecule has 1 aliphatic rings. The lowest BCUT2D eigenvalue weighted by molar-refractivity contribution is -0.151. The molecule has 146 valence electrons. The van der Waals surface area contributed by atoms with Crippen LogP contribution in [0.15, 0.2) is 30.3 Å². The molecule has 0 spiro atoms. The molecule has 0 unspecified atom stereocenters. The molecule has 1 heterocycles. The number of esters is 1. The first-order valence-corrected chi connectivity index (χ1v) is 8.85. The summed E-state index contributed by atoms with van der Waals surface area (Å²) in [7, 11) is 1.19. The van der Waals surface area contributed by atoms with Crippen LogP contribution in [0.2, 0.25) is 0 Å². The number of benzene rings is 1. The zero-order valence-electron chi connectivity index (χ0n) is 15.2. The molecule has 1 aliphatic heterocycles. The summed E-state index contributed by atoms with van der Waals surface area (Å²) >= 11 is 0. The van der Waals surface area contributed by atoms with Crippen LogP contribution in [0.25, 0.3) is 0 Å². The Bertz CT molecular complexity index is 691. The normalized spacial score (nSPS) is 17.2. The minimum absolute atomic E-state index is 0.150. The second kappa shape index (κ2) is 9.70. The fourth-order valence-electron chi connectivity index (χ4n) is 3.11. The third-order valence-corrected chi connectivity index (χ3v) is 4.54. The second-order valence-corrected chi connectivity index (χ2v) is 6.41. The molecule has 2 rings (SSSR count). The maximum atomic E-state index is 12.8. The smallest absolute Gasteiger partial charge is 0.326 e. The Morgan fingerprint density at radius 1 is 1.26 bits per heavy atom. The number of likely N-dealkylation sites (tertiary alicyclic amines) is 1. The molecule has 0 saturated carbocycles. The summed E-state index contributed by atoms with van der Waals surface area (Å²) in [6.07, 6.45) is 1.23. The van der Waals surface area contributed by atoms with Gasteiger partial charge in [-0.15, -0.1) is 0 Å². The van der Waals surface area contributed by atoms with Crippen molar-refractivity contribution < 1.29 is 29.0 Å². The Balaban J connectivity index is 2.02. The van der Waals surface area contributed by atoms with Crippen molar-refractivity contribution in [3.63, 3.8) is 0 Å². The number of amides is 2. The van der Waals surface area contributed by atoms with Crippen LogP contribution < -0.4 is 5.32 Å². The zero-order chi connectivity index (χ0) is 19.8. The molecular formula is C19H24N2O6. The van der Waals surface area contributed by atoms with Crippen LogP contribution in [0.4, 0.5) is 0 Å². The number of hydrogen-bond donors (Lipinski definition) is 2. The van der Waals surface area contributed by atoms with E-state index in [0.717, 1.165) is 5.56 Å². The molecule has 1 aromatic carbocycles. The number of aliphatic carboxylic acids is 1. The molecule has 27 heavy (non-hydrogen) atoms. The van der Waals surface area contributed by atoms with Crippen LogP contribution in [-0.2, 0) is 30.3 Å².